The molecule has 0 bridgehead atoms. The van der Waals surface area contributed by atoms with Crippen molar-refractivity contribution in [3.8, 4) is 11.5 Å². The van der Waals surface area contributed by atoms with Gasteiger partial charge in [-0.15, -0.1) is 22.0 Å². The van der Waals surface area contributed by atoms with Crippen LogP contribution < -0.4 is 0 Å². The SMILES string of the molecule is O=C(CSCc1ccc(F)cc1)N(Cc1nnc(-c2ccc(Cl)cc2)o1)C1CC1. The first-order valence-electron chi connectivity index (χ1n) is 9.28. The van der Waals surface area contributed by atoms with Crippen molar-refractivity contribution in [3.05, 3.63) is 70.8 Å². The molecule has 1 aliphatic rings. The summed E-state index contributed by atoms with van der Waals surface area (Å²) in [5.74, 6) is 1.63. The molecule has 0 aliphatic heterocycles. The highest BCUT2D eigenvalue weighted by atomic mass is 35.5. The molecule has 0 spiro atoms. The van der Waals surface area contributed by atoms with Gasteiger partial charge in [-0.25, -0.2) is 4.39 Å². The van der Waals surface area contributed by atoms with E-state index in [-0.39, 0.29) is 17.8 Å². The first-order chi connectivity index (χ1) is 14.1. The number of rotatable bonds is 8. The number of aromatic nitrogens is 2. The number of hydrogen-bond donors (Lipinski definition) is 0. The molecule has 1 amide bonds. The van der Waals surface area contributed by atoms with Crippen molar-refractivity contribution in [2.75, 3.05) is 5.75 Å². The molecule has 0 N–H and O–H groups in total. The molecule has 4 rings (SSSR count). The molecule has 5 nitrogen and oxygen atoms in total. The standard InChI is InChI=1S/C21H19ClFN3O2S/c22-16-5-3-15(4-6-16)21-25-24-19(28-21)11-26(18-9-10-18)20(27)13-29-12-14-1-7-17(23)8-2-14/h1-8,18H,9-13H2. The van der Waals surface area contributed by atoms with Crippen LogP contribution in [0.25, 0.3) is 11.5 Å². The molecule has 0 radical (unpaired) electrons. The predicted octanol–water partition coefficient (Wildman–Crippen LogP) is 4.95. The lowest BCUT2D eigenvalue weighted by Gasteiger charge is -2.20. The lowest BCUT2D eigenvalue weighted by atomic mass is 10.2. The van der Waals surface area contributed by atoms with Crippen molar-refractivity contribution < 1.29 is 13.6 Å². The van der Waals surface area contributed by atoms with Crippen molar-refractivity contribution in [2.24, 2.45) is 0 Å². The Balaban J connectivity index is 1.35. The van der Waals surface area contributed by atoms with E-state index in [1.54, 1.807) is 24.3 Å². The summed E-state index contributed by atoms with van der Waals surface area (Å²) in [6, 6.07) is 13.7. The van der Waals surface area contributed by atoms with Gasteiger partial charge in [0.2, 0.25) is 17.7 Å². The fourth-order valence-corrected chi connectivity index (χ4v) is 3.90. The molecule has 1 heterocycles. The molecule has 8 heteroatoms. The average Bonchev–Trinajstić information content (AvgIpc) is 3.46. The molecule has 1 aromatic heterocycles. The van der Waals surface area contributed by atoms with Crippen molar-refractivity contribution >= 4 is 29.3 Å². The minimum absolute atomic E-state index is 0.0471. The van der Waals surface area contributed by atoms with Gasteiger partial charge in [-0.05, 0) is 54.8 Å². The highest BCUT2D eigenvalue weighted by Crippen LogP contribution is 2.30. The maximum Gasteiger partial charge on any atom is 0.247 e. The van der Waals surface area contributed by atoms with E-state index in [1.165, 1.54) is 23.9 Å². The summed E-state index contributed by atoms with van der Waals surface area (Å²) in [5, 5.41) is 8.82. The van der Waals surface area contributed by atoms with Gasteiger partial charge in [0.15, 0.2) is 0 Å². The summed E-state index contributed by atoms with van der Waals surface area (Å²) < 4.78 is 18.7. The van der Waals surface area contributed by atoms with Crippen LogP contribution in [0.1, 0.15) is 24.3 Å². The molecule has 1 fully saturated rings. The van der Waals surface area contributed by atoms with Gasteiger partial charge in [0.25, 0.3) is 0 Å². The van der Waals surface area contributed by atoms with E-state index in [4.69, 9.17) is 16.0 Å². The topological polar surface area (TPSA) is 59.2 Å². The lowest BCUT2D eigenvalue weighted by Crippen LogP contribution is -2.34. The Hall–Kier alpha value is -2.38. The number of benzene rings is 2. The second-order valence-corrected chi connectivity index (χ2v) is 8.30. The summed E-state index contributed by atoms with van der Waals surface area (Å²) in [4.78, 5) is 14.5. The van der Waals surface area contributed by atoms with Gasteiger partial charge in [0.05, 0.1) is 12.3 Å². The molecule has 1 saturated carbocycles. The van der Waals surface area contributed by atoms with Crippen LogP contribution in [0.5, 0.6) is 0 Å². The molecule has 0 unspecified atom stereocenters. The average molecular weight is 432 g/mol. The van der Waals surface area contributed by atoms with E-state index < -0.39 is 0 Å². The van der Waals surface area contributed by atoms with Crippen LogP contribution >= 0.6 is 23.4 Å². The van der Waals surface area contributed by atoms with Gasteiger partial charge >= 0.3 is 0 Å². The summed E-state index contributed by atoms with van der Waals surface area (Å²) in [5.41, 5.74) is 1.78. The Morgan fingerprint density at radius 2 is 1.86 bits per heavy atom. The maximum atomic E-state index is 13.0. The number of amides is 1. The maximum absolute atomic E-state index is 13.0. The Kier molecular flexibility index (Phi) is 6.16. The van der Waals surface area contributed by atoms with Crippen molar-refractivity contribution in [1.82, 2.24) is 15.1 Å². The molecule has 1 aliphatic carbocycles. The lowest BCUT2D eigenvalue weighted by molar-refractivity contribution is -0.129. The normalized spacial score (nSPS) is 13.4. The summed E-state index contributed by atoms with van der Waals surface area (Å²) in [6.07, 6.45) is 1.99. The molecule has 3 aromatic rings. The van der Waals surface area contributed by atoms with E-state index in [1.807, 2.05) is 17.0 Å². The number of carbonyl (C=O) groups excluding carboxylic acids is 1. The summed E-state index contributed by atoms with van der Waals surface area (Å²) in [7, 11) is 0. The smallest absolute Gasteiger partial charge is 0.247 e. The highest BCUT2D eigenvalue weighted by molar-refractivity contribution is 7.99. The minimum atomic E-state index is -0.257. The van der Waals surface area contributed by atoms with Crippen LogP contribution in [0.4, 0.5) is 4.39 Å². The van der Waals surface area contributed by atoms with E-state index >= 15 is 0 Å². The number of carbonyl (C=O) groups is 1. The second kappa shape index (κ2) is 8.97. The van der Waals surface area contributed by atoms with Crippen molar-refractivity contribution in [3.63, 3.8) is 0 Å². The van der Waals surface area contributed by atoms with Gasteiger partial charge in [0, 0.05) is 22.4 Å². The van der Waals surface area contributed by atoms with Crippen LogP contribution in [0.3, 0.4) is 0 Å². The van der Waals surface area contributed by atoms with Gasteiger partial charge < -0.3 is 9.32 Å². The van der Waals surface area contributed by atoms with Crippen molar-refractivity contribution in [1.29, 1.82) is 0 Å². The third-order valence-corrected chi connectivity index (χ3v) is 5.82. The van der Waals surface area contributed by atoms with Gasteiger partial charge in [0.1, 0.15) is 5.82 Å². The molecule has 150 valence electrons. The third kappa shape index (κ3) is 5.36. The zero-order chi connectivity index (χ0) is 20.2. The van der Waals surface area contributed by atoms with Gasteiger partial charge in [-0.1, -0.05) is 23.7 Å². The fourth-order valence-electron chi connectivity index (χ4n) is 2.90. The molecular formula is C21H19ClFN3O2S. The molecule has 0 saturated heterocycles. The van der Waals surface area contributed by atoms with Crippen LogP contribution in [0.2, 0.25) is 5.02 Å². The third-order valence-electron chi connectivity index (χ3n) is 4.58. The van der Waals surface area contributed by atoms with E-state index in [0.717, 1.165) is 24.0 Å². The predicted molar refractivity (Wildman–Crippen MR) is 111 cm³/mol. The minimum Gasteiger partial charge on any atom is -0.419 e. The molecular weight excluding hydrogens is 413 g/mol. The van der Waals surface area contributed by atoms with Crippen LogP contribution in [-0.2, 0) is 17.1 Å². The van der Waals surface area contributed by atoms with E-state index in [2.05, 4.69) is 10.2 Å². The van der Waals surface area contributed by atoms with Crippen molar-refractivity contribution in [2.45, 2.75) is 31.2 Å². The van der Waals surface area contributed by atoms with Crippen LogP contribution in [0.15, 0.2) is 52.9 Å². The van der Waals surface area contributed by atoms with Crippen LogP contribution in [-0.4, -0.2) is 32.8 Å². The first-order valence-corrected chi connectivity index (χ1v) is 10.8. The molecule has 29 heavy (non-hydrogen) atoms. The van der Waals surface area contributed by atoms with Gasteiger partial charge in [-0.2, -0.15) is 0 Å². The van der Waals surface area contributed by atoms with Crippen LogP contribution in [0, 0.1) is 5.82 Å². The molecule has 2 aromatic carbocycles. The van der Waals surface area contributed by atoms with Gasteiger partial charge in [-0.3, -0.25) is 4.79 Å². The largest absolute Gasteiger partial charge is 0.419 e. The number of thioether (sulfide) groups is 1. The van der Waals surface area contributed by atoms with E-state index in [9.17, 15) is 9.18 Å². The number of hydrogen-bond acceptors (Lipinski definition) is 5. The van der Waals surface area contributed by atoms with E-state index in [0.29, 0.717) is 34.9 Å². The number of nitrogens with zero attached hydrogens (tertiary/aromatic N) is 3. The Bertz CT molecular complexity index is 974. The molecule has 0 atom stereocenters. The zero-order valence-electron chi connectivity index (χ0n) is 15.6. The fraction of sp³-hybridized carbons (Fsp3) is 0.286. The highest BCUT2D eigenvalue weighted by Gasteiger charge is 2.33. The Morgan fingerprint density at radius 1 is 1.14 bits per heavy atom. The Labute approximate surface area is 177 Å². The zero-order valence-corrected chi connectivity index (χ0v) is 17.1. The first kappa shape index (κ1) is 19.9. The number of halogens is 2. The quantitative estimate of drug-likeness (QED) is 0.504. The monoisotopic (exact) mass is 431 g/mol. The summed E-state index contributed by atoms with van der Waals surface area (Å²) >= 11 is 7.42. The Morgan fingerprint density at radius 3 is 2.55 bits per heavy atom. The summed E-state index contributed by atoms with van der Waals surface area (Å²) in [6.45, 7) is 0.307. The second-order valence-electron chi connectivity index (χ2n) is 6.88.